The van der Waals surface area contributed by atoms with Crippen LogP contribution in [0.15, 0.2) is 0 Å². The summed E-state index contributed by atoms with van der Waals surface area (Å²) in [6, 6.07) is 1.98. The summed E-state index contributed by atoms with van der Waals surface area (Å²) in [6.07, 6.45) is 0. The third kappa shape index (κ3) is 12.6. The average molecular weight is 375 g/mol. The Morgan fingerprint density at radius 3 is 1.65 bits per heavy atom. The topological polar surface area (TPSA) is 46.2 Å². The van der Waals surface area contributed by atoms with E-state index in [1.807, 2.05) is 20.8 Å². The third-order valence-corrected chi connectivity index (χ3v) is 12.9. The summed E-state index contributed by atoms with van der Waals surface area (Å²) in [6.45, 7) is 12.3. The molecule has 0 aliphatic rings. The smallest absolute Gasteiger partial charge is 0.468 e. The van der Waals surface area contributed by atoms with Crippen LogP contribution in [-0.2, 0) is 21.5 Å². The second kappa shape index (κ2) is 16.3. The average Bonchev–Trinajstić information content (AvgIpc) is 2.46. The Labute approximate surface area is 136 Å². The fourth-order valence-corrected chi connectivity index (χ4v) is 7.48. The van der Waals surface area contributed by atoms with Crippen LogP contribution < -0.4 is 0 Å². The Hall–Kier alpha value is 0.884. The molecule has 0 aliphatic heterocycles. The van der Waals surface area contributed by atoms with Crippen LogP contribution in [0.25, 0.3) is 0 Å². The minimum atomic E-state index is -2.40. The molecule has 124 valence electrons. The molecule has 20 heavy (non-hydrogen) atoms. The van der Waals surface area contributed by atoms with Gasteiger partial charge in [0, 0.05) is 25.9 Å². The van der Waals surface area contributed by atoms with Gasteiger partial charge < -0.3 is 21.5 Å². The molecule has 0 radical (unpaired) electrons. The standard InChI is InChI=1S/C9H26O4Si3.CH8OSi2/c1-5-10-16(11-6-2,12-7-3)9-8-15(4)13-14;1-4-2-3/h15H,5-9H2,1-4,14H3;4H2,1,3H3. The van der Waals surface area contributed by atoms with Gasteiger partial charge in [-0.05, 0) is 33.4 Å². The van der Waals surface area contributed by atoms with E-state index in [4.69, 9.17) is 21.5 Å². The molecule has 0 saturated heterocycles. The molecule has 0 fully saturated rings. The largest absolute Gasteiger partial charge is 0.500 e. The third-order valence-electron chi connectivity index (χ3n) is 2.64. The Morgan fingerprint density at radius 1 is 1.00 bits per heavy atom. The van der Waals surface area contributed by atoms with Crippen LogP contribution in [0.2, 0.25) is 25.2 Å². The van der Waals surface area contributed by atoms with Crippen LogP contribution in [0.4, 0.5) is 0 Å². The van der Waals surface area contributed by atoms with Crippen LogP contribution in [0.1, 0.15) is 20.8 Å². The molecule has 0 aliphatic carbocycles. The Balaban J connectivity index is 0. The van der Waals surface area contributed by atoms with E-state index < -0.39 is 17.8 Å². The second-order valence-corrected chi connectivity index (χ2v) is 13.8. The number of rotatable bonds is 11. The normalized spacial score (nSPS) is 13.7. The summed E-state index contributed by atoms with van der Waals surface area (Å²) in [7, 11) is -1.63. The van der Waals surface area contributed by atoms with Crippen molar-refractivity contribution in [2.24, 2.45) is 0 Å². The zero-order valence-corrected chi connectivity index (χ0v) is 21.9. The minimum Gasteiger partial charge on any atom is -0.468 e. The van der Waals surface area contributed by atoms with E-state index in [1.54, 1.807) is 0 Å². The van der Waals surface area contributed by atoms with Crippen molar-refractivity contribution < 1.29 is 21.5 Å². The van der Waals surface area contributed by atoms with Gasteiger partial charge in [0.2, 0.25) is 0 Å². The summed E-state index contributed by atoms with van der Waals surface area (Å²) < 4.78 is 27.7. The highest BCUT2D eigenvalue weighted by Crippen LogP contribution is 2.19. The molecule has 0 rings (SSSR count). The van der Waals surface area contributed by atoms with Gasteiger partial charge in [-0.2, -0.15) is 0 Å². The van der Waals surface area contributed by atoms with Crippen molar-refractivity contribution in [1.29, 1.82) is 0 Å². The highest BCUT2D eigenvalue weighted by molar-refractivity contribution is 6.64. The highest BCUT2D eigenvalue weighted by Gasteiger charge is 2.40. The van der Waals surface area contributed by atoms with Crippen LogP contribution in [0.3, 0.4) is 0 Å². The first-order chi connectivity index (χ1) is 9.55. The van der Waals surface area contributed by atoms with Gasteiger partial charge in [0.25, 0.3) is 0 Å². The summed E-state index contributed by atoms with van der Waals surface area (Å²) in [4.78, 5) is 0. The highest BCUT2D eigenvalue weighted by atomic mass is 28.4. The zero-order valence-electron chi connectivity index (χ0n) is 14.4. The lowest BCUT2D eigenvalue weighted by Crippen LogP contribution is -2.46. The molecule has 0 aromatic rings. The molecular weight excluding hydrogens is 341 g/mol. The fourth-order valence-electron chi connectivity index (χ4n) is 1.50. The van der Waals surface area contributed by atoms with E-state index in [2.05, 4.69) is 13.1 Å². The summed E-state index contributed by atoms with van der Waals surface area (Å²) in [5, 5.41) is 0. The van der Waals surface area contributed by atoms with Gasteiger partial charge in [0.15, 0.2) is 9.04 Å². The predicted octanol–water partition coefficient (Wildman–Crippen LogP) is -0.899. The van der Waals surface area contributed by atoms with Crippen LogP contribution in [0.5, 0.6) is 0 Å². The molecule has 0 aromatic carbocycles. The van der Waals surface area contributed by atoms with Gasteiger partial charge >= 0.3 is 8.80 Å². The van der Waals surface area contributed by atoms with Crippen molar-refractivity contribution in [3.63, 3.8) is 0 Å². The van der Waals surface area contributed by atoms with E-state index >= 15 is 0 Å². The minimum absolute atomic E-state index is 0.0139. The molecule has 10 heteroatoms. The quantitative estimate of drug-likeness (QED) is 0.439. The van der Waals surface area contributed by atoms with Crippen molar-refractivity contribution >= 4 is 48.6 Å². The molecule has 0 saturated carbocycles. The van der Waals surface area contributed by atoms with E-state index in [0.717, 1.165) is 33.1 Å². The van der Waals surface area contributed by atoms with Crippen LogP contribution in [0, 0.1) is 0 Å². The summed E-state index contributed by atoms with van der Waals surface area (Å²) >= 11 is 0. The molecule has 0 bridgehead atoms. The zero-order chi connectivity index (χ0) is 15.9. The van der Waals surface area contributed by atoms with Gasteiger partial charge in [-0.15, -0.1) is 0 Å². The summed E-state index contributed by atoms with van der Waals surface area (Å²) in [5.41, 5.74) is 0. The van der Waals surface area contributed by atoms with Crippen LogP contribution in [-0.4, -0.2) is 68.4 Å². The SMILES string of the molecule is CCO[Si](CC[SiH](C)O[SiH3])(OCC)OCC.C[SiH2]O[SiH3]. The Bertz CT molecular complexity index is 182. The Kier molecular flexibility index (Phi) is 18.8. The lowest BCUT2D eigenvalue weighted by molar-refractivity contribution is 0.0724. The van der Waals surface area contributed by atoms with Crippen molar-refractivity contribution in [3.8, 4) is 0 Å². The lowest BCUT2D eigenvalue weighted by atomic mass is 10.9. The second-order valence-electron chi connectivity index (χ2n) is 4.14. The van der Waals surface area contributed by atoms with Crippen molar-refractivity contribution in [1.82, 2.24) is 0 Å². The van der Waals surface area contributed by atoms with Gasteiger partial charge in [-0.3, -0.25) is 0 Å². The molecule has 0 aromatic heterocycles. The molecule has 0 heterocycles. The van der Waals surface area contributed by atoms with Gasteiger partial charge in [-0.1, -0.05) is 6.55 Å². The first-order valence-corrected chi connectivity index (χ1v) is 15.5. The fraction of sp³-hybridized carbons (Fsp3) is 1.00. The van der Waals surface area contributed by atoms with Gasteiger partial charge in [0.1, 0.15) is 30.7 Å². The van der Waals surface area contributed by atoms with E-state index in [0.29, 0.717) is 19.8 Å². The van der Waals surface area contributed by atoms with Gasteiger partial charge in [0.05, 0.1) is 0 Å². The maximum absolute atomic E-state index is 5.78. The van der Waals surface area contributed by atoms with Crippen molar-refractivity contribution in [2.75, 3.05) is 19.8 Å². The summed E-state index contributed by atoms with van der Waals surface area (Å²) in [5.74, 6) is 0. The first kappa shape index (κ1) is 23.2. The van der Waals surface area contributed by atoms with Crippen molar-refractivity contribution in [3.05, 3.63) is 0 Å². The lowest BCUT2D eigenvalue weighted by Gasteiger charge is -2.29. The molecule has 0 N–H and O–H groups in total. The molecule has 0 amide bonds. The van der Waals surface area contributed by atoms with E-state index in [1.165, 1.54) is 0 Å². The van der Waals surface area contributed by atoms with Gasteiger partial charge in [-0.25, -0.2) is 0 Å². The first-order valence-electron chi connectivity index (χ1n) is 7.49. The number of hydrogen-bond donors (Lipinski definition) is 0. The van der Waals surface area contributed by atoms with Crippen molar-refractivity contribution in [2.45, 2.75) is 46.0 Å². The molecule has 1 atom stereocenters. The molecule has 1 unspecified atom stereocenters. The maximum atomic E-state index is 5.78. The monoisotopic (exact) mass is 374 g/mol. The Morgan fingerprint density at radius 2 is 1.40 bits per heavy atom. The van der Waals surface area contributed by atoms with E-state index in [-0.39, 0.29) is 9.76 Å². The maximum Gasteiger partial charge on any atom is 0.500 e. The molecular formula is C10H34O5Si5. The molecule has 0 spiro atoms. The van der Waals surface area contributed by atoms with E-state index in [9.17, 15) is 0 Å². The molecule has 5 nitrogen and oxygen atoms in total. The predicted molar refractivity (Wildman–Crippen MR) is 99.7 cm³/mol. The number of hydrogen-bond acceptors (Lipinski definition) is 5. The van der Waals surface area contributed by atoms with Crippen LogP contribution >= 0.6 is 0 Å².